The van der Waals surface area contributed by atoms with E-state index in [-0.39, 0.29) is 11.9 Å². The molecule has 20 heavy (non-hydrogen) atoms. The quantitative estimate of drug-likeness (QED) is 0.803. The number of hydrogen-bond donors (Lipinski definition) is 0. The summed E-state index contributed by atoms with van der Waals surface area (Å²) in [6.45, 7) is 6.81. The van der Waals surface area contributed by atoms with Crippen molar-refractivity contribution in [2.75, 3.05) is 26.7 Å². The molecular weight excluding hydrogens is 268 g/mol. The van der Waals surface area contributed by atoms with E-state index in [0.717, 1.165) is 32.4 Å². The van der Waals surface area contributed by atoms with E-state index in [4.69, 9.17) is 0 Å². The summed E-state index contributed by atoms with van der Waals surface area (Å²) in [7, 11) is 2.05. The smallest absolute Gasteiger partial charge is 0.237 e. The predicted octanol–water partition coefficient (Wildman–Crippen LogP) is 3.32. The van der Waals surface area contributed by atoms with Crippen molar-refractivity contribution in [1.29, 1.82) is 0 Å². The van der Waals surface area contributed by atoms with Crippen LogP contribution in [0.3, 0.4) is 0 Å². The first-order chi connectivity index (χ1) is 9.67. The molecular formula is C16H26N2OS. The van der Waals surface area contributed by atoms with Crippen LogP contribution in [0, 0.1) is 0 Å². The van der Waals surface area contributed by atoms with Crippen LogP contribution in [0.2, 0.25) is 0 Å². The number of fused-ring (bicyclic) bond motifs is 1. The van der Waals surface area contributed by atoms with Crippen LogP contribution in [0.4, 0.5) is 0 Å². The summed E-state index contributed by atoms with van der Waals surface area (Å²) in [4.78, 5) is 18.3. The zero-order valence-electron chi connectivity index (χ0n) is 12.9. The zero-order valence-corrected chi connectivity index (χ0v) is 13.7. The fourth-order valence-electron chi connectivity index (χ4n) is 2.96. The van der Waals surface area contributed by atoms with Gasteiger partial charge in [0.05, 0.1) is 12.6 Å². The van der Waals surface area contributed by atoms with Crippen molar-refractivity contribution in [3.8, 4) is 0 Å². The van der Waals surface area contributed by atoms with E-state index in [2.05, 4.69) is 42.1 Å². The van der Waals surface area contributed by atoms with E-state index in [1.54, 1.807) is 0 Å². The van der Waals surface area contributed by atoms with E-state index in [9.17, 15) is 4.79 Å². The van der Waals surface area contributed by atoms with Gasteiger partial charge < -0.3 is 4.90 Å². The molecule has 0 aromatic carbocycles. The highest BCUT2D eigenvalue weighted by molar-refractivity contribution is 7.10. The highest BCUT2D eigenvalue weighted by Gasteiger charge is 2.30. The molecule has 2 heterocycles. The van der Waals surface area contributed by atoms with Crippen molar-refractivity contribution in [3.05, 3.63) is 21.9 Å². The lowest BCUT2D eigenvalue weighted by Gasteiger charge is -2.36. The third-order valence-electron chi connectivity index (χ3n) is 4.10. The van der Waals surface area contributed by atoms with Crippen molar-refractivity contribution in [1.82, 2.24) is 9.80 Å². The minimum Gasteiger partial charge on any atom is -0.334 e. The van der Waals surface area contributed by atoms with Crippen LogP contribution in [0.25, 0.3) is 0 Å². The van der Waals surface area contributed by atoms with E-state index < -0.39 is 0 Å². The lowest BCUT2D eigenvalue weighted by molar-refractivity contribution is -0.135. The zero-order chi connectivity index (χ0) is 14.5. The number of rotatable bonds is 6. The Morgan fingerprint density at radius 1 is 1.50 bits per heavy atom. The number of nitrogens with zero attached hydrogens (tertiary/aromatic N) is 2. The summed E-state index contributed by atoms with van der Waals surface area (Å²) in [6, 6.07) is 2.49. The number of amides is 1. The van der Waals surface area contributed by atoms with Gasteiger partial charge in [-0.2, -0.15) is 0 Å². The minimum atomic E-state index is 0.285. The van der Waals surface area contributed by atoms with Crippen LogP contribution in [-0.2, 0) is 11.2 Å². The second-order valence-electron chi connectivity index (χ2n) is 5.65. The van der Waals surface area contributed by atoms with Gasteiger partial charge in [0, 0.05) is 11.4 Å². The number of thiophene rings is 1. The summed E-state index contributed by atoms with van der Waals surface area (Å²) in [5.74, 6) is 0.285. The van der Waals surface area contributed by atoms with Crippen molar-refractivity contribution in [2.45, 2.75) is 45.6 Å². The Morgan fingerprint density at radius 3 is 3.00 bits per heavy atom. The summed E-state index contributed by atoms with van der Waals surface area (Å²) >= 11 is 1.83. The third-order valence-corrected chi connectivity index (χ3v) is 5.10. The Balaban J connectivity index is 1.99. The maximum atomic E-state index is 12.6. The van der Waals surface area contributed by atoms with Gasteiger partial charge in [-0.3, -0.25) is 9.69 Å². The average molecular weight is 294 g/mol. The fraction of sp³-hybridized carbons (Fsp3) is 0.688. The second-order valence-corrected chi connectivity index (χ2v) is 6.65. The molecule has 0 radical (unpaired) electrons. The van der Waals surface area contributed by atoms with Gasteiger partial charge in [-0.15, -0.1) is 11.3 Å². The highest BCUT2D eigenvalue weighted by Crippen LogP contribution is 2.35. The van der Waals surface area contributed by atoms with Crippen molar-refractivity contribution < 1.29 is 4.79 Å². The van der Waals surface area contributed by atoms with Gasteiger partial charge in [-0.1, -0.05) is 20.3 Å². The minimum absolute atomic E-state index is 0.285. The highest BCUT2D eigenvalue weighted by atomic mass is 32.1. The van der Waals surface area contributed by atoms with Crippen molar-refractivity contribution in [3.63, 3.8) is 0 Å². The molecule has 1 aromatic rings. The standard InChI is InChI=1S/C16H26N2OS/c1-4-6-9-17(3)12-16(19)18-10-7-15-13(8-11-20-15)14(18)5-2/h8,11,14H,4-7,9-10,12H2,1-3H3. The molecule has 1 aliphatic heterocycles. The van der Waals surface area contributed by atoms with E-state index in [1.807, 2.05) is 11.3 Å². The molecule has 0 N–H and O–H groups in total. The van der Waals surface area contributed by atoms with Gasteiger partial charge in [0.2, 0.25) is 5.91 Å². The van der Waals surface area contributed by atoms with Crippen LogP contribution in [0.15, 0.2) is 11.4 Å². The molecule has 1 atom stereocenters. The van der Waals surface area contributed by atoms with Crippen LogP contribution in [-0.4, -0.2) is 42.4 Å². The third kappa shape index (κ3) is 3.41. The maximum absolute atomic E-state index is 12.6. The SMILES string of the molecule is CCCCN(C)CC(=O)N1CCc2sccc2C1CC. The van der Waals surface area contributed by atoms with Crippen LogP contribution in [0.1, 0.15) is 49.6 Å². The Labute approximate surface area is 126 Å². The van der Waals surface area contributed by atoms with Gasteiger partial charge >= 0.3 is 0 Å². The molecule has 1 unspecified atom stereocenters. The normalized spacial score (nSPS) is 18.4. The first-order valence-corrected chi connectivity index (χ1v) is 8.59. The molecule has 0 aliphatic carbocycles. The largest absolute Gasteiger partial charge is 0.334 e. The molecule has 1 aliphatic rings. The number of carbonyl (C=O) groups is 1. The summed E-state index contributed by atoms with van der Waals surface area (Å²) in [5, 5.41) is 2.16. The Kier molecular flexibility index (Phi) is 5.61. The Hall–Kier alpha value is -0.870. The number of likely N-dealkylation sites (N-methyl/N-ethyl adjacent to an activating group) is 1. The molecule has 4 heteroatoms. The van der Waals surface area contributed by atoms with Crippen molar-refractivity contribution >= 4 is 17.2 Å². The van der Waals surface area contributed by atoms with Crippen LogP contribution >= 0.6 is 11.3 Å². The van der Waals surface area contributed by atoms with E-state index in [0.29, 0.717) is 6.54 Å². The van der Waals surface area contributed by atoms with Crippen LogP contribution in [0.5, 0.6) is 0 Å². The Morgan fingerprint density at radius 2 is 2.30 bits per heavy atom. The van der Waals surface area contributed by atoms with Crippen LogP contribution < -0.4 is 0 Å². The van der Waals surface area contributed by atoms with Gasteiger partial charge in [-0.05, 0) is 49.9 Å². The summed E-state index contributed by atoms with van der Waals surface area (Å²) in [6.07, 6.45) is 4.37. The van der Waals surface area contributed by atoms with Gasteiger partial charge in [-0.25, -0.2) is 0 Å². The molecule has 1 amide bonds. The molecule has 0 saturated heterocycles. The molecule has 0 bridgehead atoms. The maximum Gasteiger partial charge on any atom is 0.237 e. The number of unbranched alkanes of at least 4 members (excludes halogenated alkanes) is 1. The molecule has 0 spiro atoms. The molecule has 0 saturated carbocycles. The van der Waals surface area contributed by atoms with Gasteiger partial charge in [0.15, 0.2) is 0 Å². The predicted molar refractivity (Wildman–Crippen MR) is 85.2 cm³/mol. The first-order valence-electron chi connectivity index (χ1n) is 7.71. The number of carbonyl (C=O) groups excluding carboxylic acids is 1. The molecule has 0 fully saturated rings. The van der Waals surface area contributed by atoms with E-state index in [1.165, 1.54) is 16.9 Å². The molecule has 2 rings (SSSR count). The fourth-order valence-corrected chi connectivity index (χ4v) is 3.89. The molecule has 112 valence electrons. The Bertz CT molecular complexity index is 443. The lowest BCUT2D eigenvalue weighted by Crippen LogP contribution is -2.44. The van der Waals surface area contributed by atoms with Gasteiger partial charge in [0.25, 0.3) is 0 Å². The second kappa shape index (κ2) is 7.23. The topological polar surface area (TPSA) is 23.6 Å². The monoisotopic (exact) mass is 294 g/mol. The van der Waals surface area contributed by atoms with E-state index >= 15 is 0 Å². The lowest BCUT2D eigenvalue weighted by atomic mass is 9.97. The van der Waals surface area contributed by atoms with Gasteiger partial charge in [0.1, 0.15) is 0 Å². The average Bonchev–Trinajstić information content (AvgIpc) is 2.92. The number of hydrogen-bond acceptors (Lipinski definition) is 3. The summed E-state index contributed by atoms with van der Waals surface area (Å²) in [5.41, 5.74) is 1.38. The van der Waals surface area contributed by atoms with Crippen molar-refractivity contribution in [2.24, 2.45) is 0 Å². The molecule has 3 nitrogen and oxygen atoms in total. The first kappa shape index (κ1) is 15.5. The summed E-state index contributed by atoms with van der Waals surface area (Å²) < 4.78 is 0. The molecule has 1 aromatic heterocycles.